The summed E-state index contributed by atoms with van der Waals surface area (Å²) in [5.74, 6) is 0.829. The van der Waals surface area contributed by atoms with Crippen molar-refractivity contribution < 1.29 is 4.79 Å². The average Bonchev–Trinajstić information content (AvgIpc) is 3.23. The van der Waals surface area contributed by atoms with E-state index >= 15 is 0 Å². The number of carbonyl (C=O) groups excluding carboxylic acids is 1. The molecule has 0 aliphatic heterocycles. The molecule has 3 nitrogen and oxygen atoms in total. The van der Waals surface area contributed by atoms with E-state index in [1.54, 1.807) is 5.56 Å². The molecule has 2 N–H and O–H groups in total. The predicted molar refractivity (Wildman–Crippen MR) is 78.6 cm³/mol. The minimum Gasteiger partial charge on any atom is -0.348 e. The van der Waals surface area contributed by atoms with Gasteiger partial charge in [-0.05, 0) is 61.1 Å². The molecule has 106 valence electrons. The van der Waals surface area contributed by atoms with Gasteiger partial charge in [0.05, 0.1) is 12.6 Å². The van der Waals surface area contributed by atoms with Crippen LogP contribution in [0.1, 0.15) is 60.8 Å². The van der Waals surface area contributed by atoms with Crippen molar-refractivity contribution in [3.63, 3.8) is 0 Å². The molecular weight excluding hydrogens is 248 g/mol. The number of hydrogen-bond donors (Lipinski definition) is 2. The van der Waals surface area contributed by atoms with Crippen molar-refractivity contribution in [1.29, 1.82) is 0 Å². The highest BCUT2D eigenvalue weighted by atomic mass is 16.2. The average molecular weight is 270 g/mol. The van der Waals surface area contributed by atoms with Crippen LogP contribution in [-0.2, 0) is 11.2 Å². The lowest BCUT2D eigenvalue weighted by Crippen LogP contribution is -2.36. The van der Waals surface area contributed by atoms with Crippen LogP contribution in [0.15, 0.2) is 18.2 Å². The molecule has 0 unspecified atom stereocenters. The smallest absolute Gasteiger partial charge is 0.234 e. The fraction of sp³-hybridized carbons (Fsp3) is 0.588. The van der Waals surface area contributed by atoms with E-state index in [9.17, 15) is 4.79 Å². The monoisotopic (exact) mass is 270 g/mol. The molecule has 0 spiro atoms. The molecule has 0 bridgehead atoms. The van der Waals surface area contributed by atoms with Crippen molar-refractivity contribution >= 4 is 5.91 Å². The van der Waals surface area contributed by atoms with Crippen LogP contribution in [0.2, 0.25) is 0 Å². The molecular formula is C17H22N2O. The Morgan fingerprint density at radius 2 is 2.15 bits per heavy atom. The molecule has 2 atom stereocenters. The fourth-order valence-electron chi connectivity index (χ4n) is 3.89. The van der Waals surface area contributed by atoms with E-state index in [-0.39, 0.29) is 11.9 Å². The topological polar surface area (TPSA) is 41.1 Å². The number of nitrogens with one attached hydrogen (secondary N) is 2. The van der Waals surface area contributed by atoms with Crippen LogP contribution in [0.5, 0.6) is 0 Å². The normalized spacial score (nSPS) is 27.2. The molecule has 0 saturated heterocycles. The SMILES string of the molecule is O=C(CNC1CC1)N[C@@H]1C[C@H]2CCCc3cccc1c32. The third-order valence-corrected chi connectivity index (χ3v) is 5.00. The van der Waals surface area contributed by atoms with E-state index in [1.165, 1.54) is 43.2 Å². The van der Waals surface area contributed by atoms with Crippen LogP contribution in [0.4, 0.5) is 0 Å². The highest BCUT2D eigenvalue weighted by Gasteiger charge is 2.35. The molecule has 3 heteroatoms. The van der Waals surface area contributed by atoms with Crippen LogP contribution in [0.25, 0.3) is 0 Å². The molecule has 0 aromatic heterocycles. The van der Waals surface area contributed by atoms with Crippen molar-refractivity contribution in [1.82, 2.24) is 10.6 Å². The molecule has 0 heterocycles. The quantitative estimate of drug-likeness (QED) is 0.882. The lowest BCUT2D eigenvalue weighted by molar-refractivity contribution is -0.121. The van der Waals surface area contributed by atoms with E-state index in [2.05, 4.69) is 28.8 Å². The minimum absolute atomic E-state index is 0.151. The Hall–Kier alpha value is -1.35. The molecule has 3 aliphatic carbocycles. The van der Waals surface area contributed by atoms with Crippen molar-refractivity contribution in [2.24, 2.45) is 0 Å². The Morgan fingerprint density at radius 3 is 3.00 bits per heavy atom. The van der Waals surface area contributed by atoms with E-state index in [4.69, 9.17) is 0 Å². The third kappa shape index (κ3) is 2.24. The van der Waals surface area contributed by atoms with Crippen molar-refractivity contribution in [2.75, 3.05) is 6.54 Å². The summed E-state index contributed by atoms with van der Waals surface area (Å²) in [5, 5.41) is 6.53. The Balaban J connectivity index is 1.48. The fourth-order valence-corrected chi connectivity index (χ4v) is 3.89. The van der Waals surface area contributed by atoms with Crippen molar-refractivity contribution in [3.05, 3.63) is 34.9 Å². The number of amides is 1. The van der Waals surface area contributed by atoms with E-state index in [1.807, 2.05) is 0 Å². The summed E-state index contributed by atoms with van der Waals surface area (Å²) in [5.41, 5.74) is 4.46. The first-order valence-electron chi connectivity index (χ1n) is 7.95. The van der Waals surface area contributed by atoms with Gasteiger partial charge in [0.2, 0.25) is 5.91 Å². The number of carbonyl (C=O) groups is 1. The molecule has 4 rings (SSSR count). The van der Waals surface area contributed by atoms with Gasteiger partial charge in [-0.1, -0.05) is 18.2 Å². The Bertz CT molecular complexity index is 536. The maximum absolute atomic E-state index is 12.1. The molecule has 1 amide bonds. The Labute approximate surface area is 120 Å². The maximum atomic E-state index is 12.1. The van der Waals surface area contributed by atoms with Gasteiger partial charge in [-0.2, -0.15) is 0 Å². The number of hydrogen-bond acceptors (Lipinski definition) is 2. The standard InChI is InChI=1S/C17H22N2O/c20-16(10-18-13-7-8-13)19-15-9-12-5-1-3-11-4-2-6-14(15)17(11)12/h2,4,6,12-13,15,18H,1,3,5,7-10H2,(H,19,20)/t12-,15-/m1/s1. The first-order chi connectivity index (χ1) is 9.81. The maximum Gasteiger partial charge on any atom is 0.234 e. The van der Waals surface area contributed by atoms with Crippen molar-refractivity contribution in [3.8, 4) is 0 Å². The van der Waals surface area contributed by atoms with E-state index in [0.29, 0.717) is 18.5 Å². The number of benzene rings is 1. The molecule has 1 aromatic rings. The zero-order valence-electron chi connectivity index (χ0n) is 11.8. The van der Waals surface area contributed by atoms with E-state index < -0.39 is 0 Å². The second-order valence-electron chi connectivity index (χ2n) is 6.52. The molecule has 1 aromatic carbocycles. The van der Waals surface area contributed by atoms with Gasteiger partial charge in [0, 0.05) is 6.04 Å². The first-order valence-corrected chi connectivity index (χ1v) is 7.95. The summed E-state index contributed by atoms with van der Waals surface area (Å²) in [6.07, 6.45) is 7.35. The van der Waals surface area contributed by atoms with Crippen molar-refractivity contribution in [2.45, 2.75) is 56.5 Å². The van der Waals surface area contributed by atoms with Gasteiger partial charge in [0.25, 0.3) is 0 Å². The van der Waals surface area contributed by atoms with Gasteiger partial charge in [0.15, 0.2) is 0 Å². The zero-order valence-corrected chi connectivity index (χ0v) is 11.8. The highest BCUT2D eigenvalue weighted by molar-refractivity contribution is 5.79. The summed E-state index contributed by atoms with van der Waals surface area (Å²) in [6, 6.07) is 7.47. The highest BCUT2D eigenvalue weighted by Crippen LogP contribution is 2.47. The van der Waals surface area contributed by atoms with Crippen LogP contribution >= 0.6 is 0 Å². The summed E-state index contributed by atoms with van der Waals surface area (Å²) >= 11 is 0. The molecule has 1 saturated carbocycles. The van der Waals surface area contributed by atoms with E-state index in [0.717, 1.165) is 6.42 Å². The number of rotatable bonds is 4. The second kappa shape index (κ2) is 4.88. The number of aryl methyl sites for hydroxylation is 1. The minimum atomic E-state index is 0.151. The van der Waals surface area contributed by atoms with Gasteiger partial charge in [-0.15, -0.1) is 0 Å². The van der Waals surface area contributed by atoms with Gasteiger partial charge >= 0.3 is 0 Å². The molecule has 3 aliphatic rings. The van der Waals surface area contributed by atoms with Gasteiger partial charge in [-0.3, -0.25) is 4.79 Å². The summed E-state index contributed by atoms with van der Waals surface area (Å²) < 4.78 is 0. The third-order valence-electron chi connectivity index (χ3n) is 5.00. The first kappa shape index (κ1) is 12.4. The van der Waals surface area contributed by atoms with Crippen LogP contribution in [0.3, 0.4) is 0 Å². The van der Waals surface area contributed by atoms with Crippen LogP contribution in [0, 0.1) is 0 Å². The lowest BCUT2D eigenvalue weighted by Gasteiger charge is -2.20. The molecule has 0 radical (unpaired) electrons. The second-order valence-corrected chi connectivity index (χ2v) is 6.52. The predicted octanol–water partition coefficient (Wildman–Crippen LogP) is 2.42. The van der Waals surface area contributed by atoms with Crippen LogP contribution < -0.4 is 10.6 Å². The Kier molecular flexibility index (Phi) is 3.03. The van der Waals surface area contributed by atoms with Gasteiger partial charge < -0.3 is 10.6 Å². The summed E-state index contributed by atoms with van der Waals surface area (Å²) in [4.78, 5) is 12.1. The summed E-state index contributed by atoms with van der Waals surface area (Å²) in [7, 11) is 0. The largest absolute Gasteiger partial charge is 0.348 e. The summed E-state index contributed by atoms with van der Waals surface area (Å²) in [6.45, 7) is 0.473. The van der Waals surface area contributed by atoms with Gasteiger partial charge in [-0.25, -0.2) is 0 Å². The Morgan fingerprint density at radius 1 is 1.25 bits per heavy atom. The zero-order chi connectivity index (χ0) is 13.5. The lowest BCUT2D eigenvalue weighted by atomic mass is 9.84. The molecule has 20 heavy (non-hydrogen) atoms. The molecule has 1 fully saturated rings. The van der Waals surface area contributed by atoms with Gasteiger partial charge in [0.1, 0.15) is 0 Å². The van der Waals surface area contributed by atoms with Crippen LogP contribution in [-0.4, -0.2) is 18.5 Å².